The summed E-state index contributed by atoms with van der Waals surface area (Å²) in [7, 11) is 3.41. The predicted octanol–water partition coefficient (Wildman–Crippen LogP) is 5.86. The minimum Gasteiger partial charge on any atom is -0.494 e. The van der Waals surface area contributed by atoms with Crippen LogP contribution in [-0.2, 0) is 16.1 Å². The smallest absolute Gasteiger partial charge is 0.254 e. The minimum atomic E-state index is -0.533. The molecule has 1 saturated carbocycles. The third-order valence-electron chi connectivity index (χ3n) is 10.8. The molecule has 12 nitrogen and oxygen atoms in total. The van der Waals surface area contributed by atoms with Crippen molar-refractivity contribution in [1.82, 2.24) is 30.1 Å². The van der Waals surface area contributed by atoms with E-state index in [9.17, 15) is 9.59 Å². The highest BCUT2D eigenvalue weighted by Crippen LogP contribution is 2.37. The molecule has 2 fully saturated rings. The molecule has 55 heavy (non-hydrogen) atoms. The van der Waals surface area contributed by atoms with E-state index in [0.29, 0.717) is 62.9 Å². The zero-order chi connectivity index (χ0) is 38.1. The van der Waals surface area contributed by atoms with Crippen LogP contribution in [-0.4, -0.2) is 96.6 Å². The number of ketones is 1. The fourth-order valence-electron chi connectivity index (χ4n) is 7.44. The molecule has 1 amide bonds. The van der Waals surface area contributed by atoms with Crippen molar-refractivity contribution in [2.75, 3.05) is 69.0 Å². The number of nitrogens with one attached hydrogen (secondary N) is 4. The van der Waals surface area contributed by atoms with E-state index in [4.69, 9.17) is 4.74 Å². The van der Waals surface area contributed by atoms with Gasteiger partial charge in [0.25, 0.3) is 5.91 Å². The molecule has 2 aromatic heterocycles. The quantitative estimate of drug-likeness (QED) is 0.124. The number of rotatable bonds is 14. The topological polar surface area (TPSA) is 129 Å². The standard InChI is InChI=1S/C41H52FN9O3.ClH/c1-25(43-5)21-44-38(41(2,3)4)37(52)36-29(23-51-13-7-8-34(36)51)40(53)48-32-19-28-31(20-35(32)54-6)45-24-46-39(28)47-27-11-12-33(30(42)18-27)50-16-14-49(15-17-50)22-26-9-10-26;/h7-8,11-13,18-20,24-26,38,43-44H,9-10,14-17,21-23H2,1-6H3,(H,48,53)(H,45,46,47);1H/t25-,38+;/m0./s1. The van der Waals surface area contributed by atoms with Crippen molar-refractivity contribution in [3.63, 3.8) is 0 Å². The highest BCUT2D eigenvalue weighted by molar-refractivity contribution is 6.30. The minimum absolute atomic E-state index is 0. The van der Waals surface area contributed by atoms with Crippen molar-refractivity contribution >= 4 is 63.5 Å². The summed E-state index contributed by atoms with van der Waals surface area (Å²) in [6, 6.07) is 12.0. The van der Waals surface area contributed by atoms with E-state index in [2.05, 4.69) is 41.0 Å². The molecule has 0 radical (unpaired) electrons. The number of nitrogens with zero attached hydrogens (tertiary/aromatic N) is 5. The number of anilines is 4. The highest BCUT2D eigenvalue weighted by Gasteiger charge is 2.39. The number of carbonyl (C=O) groups is 2. The second kappa shape index (κ2) is 16.7. The van der Waals surface area contributed by atoms with Crippen molar-refractivity contribution in [3.05, 3.63) is 72.1 Å². The number of Topliss-reactive ketones (excluding diaryl/α,β-unsaturated/α-hetero) is 1. The maximum atomic E-state index is 15.6. The summed E-state index contributed by atoms with van der Waals surface area (Å²) in [6.45, 7) is 13.6. The van der Waals surface area contributed by atoms with Gasteiger partial charge >= 0.3 is 0 Å². The van der Waals surface area contributed by atoms with Crippen LogP contribution in [0.2, 0.25) is 0 Å². The van der Waals surface area contributed by atoms with E-state index >= 15 is 4.39 Å². The van der Waals surface area contributed by atoms with Crippen LogP contribution in [0.15, 0.2) is 60.6 Å². The molecule has 2 atom stereocenters. The van der Waals surface area contributed by atoms with E-state index in [-0.39, 0.29) is 36.6 Å². The zero-order valence-corrected chi connectivity index (χ0v) is 33.4. The molecule has 1 aliphatic carbocycles. The van der Waals surface area contributed by atoms with Crippen LogP contribution in [0, 0.1) is 17.2 Å². The van der Waals surface area contributed by atoms with Gasteiger partial charge < -0.3 is 35.5 Å². The Kier molecular flexibility index (Phi) is 12.2. The van der Waals surface area contributed by atoms with Crippen molar-refractivity contribution in [2.24, 2.45) is 11.3 Å². The Hall–Kier alpha value is -4.56. The maximum Gasteiger partial charge on any atom is 0.254 e. The van der Waals surface area contributed by atoms with Crippen LogP contribution in [0.25, 0.3) is 16.5 Å². The van der Waals surface area contributed by atoms with Gasteiger partial charge in [0.2, 0.25) is 0 Å². The van der Waals surface area contributed by atoms with Gasteiger partial charge in [-0.1, -0.05) is 20.8 Å². The fourth-order valence-corrected chi connectivity index (χ4v) is 7.44. The molecule has 3 aliphatic rings. The van der Waals surface area contributed by atoms with Gasteiger partial charge in [-0.3, -0.25) is 14.5 Å². The monoisotopic (exact) mass is 773 g/mol. The van der Waals surface area contributed by atoms with Gasteiger partial charge in [-0.2, -0.15) is 0 Å². The molecule has 0 bridgehead atoms. The molecule has 7 rings (SSSR count). The van der Waals surface area contributed by atoms with E-state index in [1.165, 1.54) is 32.3 Å². The lowest BCUT2D eigenvalue weighted by molar-refractivity contribution is -0.118. The Morgan fingerprint density at radius 2 is 1.82 bits per heavy atom. The van der Waals surface area contributed by atoms with Crippen LogP contribution < -0.4 is 30.9 Å². The van der Waals surface area contributed by atoms with E-state index < -0.39 is 17.4 Å². The molecule has 0 spiro atoms. The Bertz CT molecular complexity index is 2070. The summed E-state index contributed by atoms with van der Waals surface area (Å²) in [6.07, 6.45) is 5.97. The van der Waals surface area contributed by atoms with Gasteiger partial charge in [-0.05, 0) is 74.5 Å². The molecule has 294 valence electrons. The number of methoxy groups -OCH3 is 1. The van der Waals surface area contributed by atoms with Gasteiger partial charge in [0.15, 0.2) is 5.78 Å². The van der Waals surface area contributed by atoms with Crippen molar-refractivity contribution in [2.45, 2.75) is 59.2 Å². The van der Waals surface area contributed by atoms with Gasteiger partial charge in [0.1, 0.15) is 23.7 Å². The first-order valence-electron chi connectivity index (χ1n) is 18.9. The summed E-state index contributed by atoms with van der Waals surface area (Å²) in [5, 5.41) is 13.6. The Balaban J connectivity index is 0.00000514. The Labute approximate surface area is 328 Å². The first-order valence-corrected chi connectivity index (χ1v) is 18.9. The average Bonchev–Trinajstić information content (AvgIpc) is 3.71. The molecule has 4 N–H and O–H groups in total. The lowest BCUT2D eigenvalue weighted by Crippen LogP contribution is -2.50. The molecule has 1 saturated heterocycles. The molecular weight excluding hydrogens is 721 g/mol. The van der Waals surface area contributed by atoms with Crippen molar-refractivity contribution in [1.29, 1.82) is 0 Å². The second-order valence-corrected chi connectivity index (χ2v) is 15.9. The molecule has 4 aromatic rings. The summed E-state index contributed by atoms with van der Waals surface area (Å²) in [5.41, 5.74) is 3.16. The van der Waals surface area contributed by atoms with E-state index in [0.717, 1.165) is 38.6 Å². The first-order chi connectivity index (χ1) is 25.9. The van der Waals surface area contributed by atoms with Crippen LogP contribution in [0.5, 0.6) is 5.75 Å². The first kappa shape index (κ1) is 40.1. The van der Waals surface area contributed by atoms with Crippen LogP contribution in [0.1, 0.15) is 46.2 Å². The van der Waals surface area contributed by atoms with Gasteiger partial charge in [-0.25, -0.2) is 14.4 Å². The van der Waals surface area contributed by atoms with Gasteiger partial charge in [0.05, 0.1) is 47.9 Å². The van der Waals surface area contributed by atoms with E-state index in [1.54, 1.807) is 12.1 Å². The van der Waals surface area contributed by atoms with Crippen molar-refractivity contribution in [3.8, 4) is 5.75 Å². The normalized spacial score (nSPS) is 17.1. The zero-order valence-electron chi connectivity index (χ0n) is 32.5. The van der Waals surface area contributed by atoms with Gasteiger partial charge in [0, 0.05) is 74.2 Å². The Morgan fingerprint density at radius 1 is 1.05 bits per heavy atom. The summed E-state index contributed by atoms with van der Waals surface area (Å²) in [5.74, 6) is 0.847. The molecule has 0 unspecified atom stereocenters. The van der Waals surface area contributed by atoms with Crippen LogP contribution in [0.4, 0.5) is 27.3 Å². The number of ether oxygens (including phenoxy) is 1. The third-order valence-corrected chi connectivity index (χ3v) is 10.8. The number of carbonyl (C=O) groups excluding carboxylic acids is 2. The molecule has 4 heterocycles. The summed E-state index contributed by atoms with van der Waals surface area (Å²) >= 11 is 0. The second-order valence-electron chi connectivity index (χ2n) is 15.9. The number of aromatic nitrogens is 3. The largest absolute Gasteiger partial charge is 0.494 e. The molecule has 14 heteroatoms. The lowest BCUT2D eigenvalue weighted by atomic mass is 9.80. The van der Waals surface area contributed by atoms with Crippen LogP contribution in [0.3, 0.4) is 0 Å². The SMILES string of the molecule is CN[C@@H](C)CN[C@H](C(=O)C1=C(C(=O)Nc2cc3c(Nc4ccc(N5CCN(CC6CC6)CC5)c(F)c4)ncnc3cc2OC)Cn2cccc21)C(C)(C)C.Cl. The third kappa shape index (κ3) is 8.80. The number of amides is 1. The highest BCUT2D eigenvalue weighted by atomic mass is 35.5. The number of benzene rings is 2. The van der Waals surface area contributed by atoms with Crippen LogP contribution >= 0.6 is 12.4 Å². The number of fused-ring (bicyclic) bond motifs is 2. The predicted molar refractivity (Wildman–Crippen MR) is 219 cm³/mol. The Morgan fingerprint density at radius 3 is 2.49 bits per heavy atom. The maximum absolute atomic E-state index is 15.6. The van der Waals surface area contributed by atoms with E-state index in [1.807, 2.05) is 69.8 Å². The number of hydrogen-bond acceptors (Lipinski definition) is 10. The average molecular weight is 774 g/mol. The molecule has 2 aromatic carbocycles. The number of likely N-dealkylation sites (N-methyl/N-ethyl adjacent to an activating group) is 1. The number of halogens is 2. The molecular formula is C41H53ClFN9O3. The fraction of sp³-hybridized carbons (Fsp3) is 0.463. The lowest BCUT2D eigenvalue weighted by Gasteiger charge is -2.36. The summed E-state index contributed by atoms with van der Waals surface area (Å²) in [4.78, 5) is 42.2. The van der Waals surface area contributed by atoms with Gasteiger partial charge in [-0.15, -0.1) is 12.4 Å². The number of piperazine rings is 1. The van der Waals surface area contributed by atoms with Crippen molar-refractivity contribution < 1.29 is 18.7 Å². The number of hydrogen-bond donors (Lipinski definition) is 4. The summed E-state index contributed by atoms with van der Waals surface area (Å²) < 4.78 is 23.2. The molecule has 2 aliphatic heterocycles.